The Balaban J connectivity index is 1.71. The summed E-state index contributed by atoms with van der Waals surface area (Å²) >= 11 is 13.9. The second kappa shape index (κ2) is 8.06. The molecular formula is C18H16Cl2N2OS. The number of amides is 1. The van der Waals surface area contributed by atoms with Crippen LogP contribution in [-0.4, -0.2) is 28.9 Å². The van der Waals surface area contributed by atoms with E-state index in [1.807, 2.05) is 35.2 Å². The Morgan fingerprint density at radius 3 is 2.71 bits per heavy atom. The minimum absolute atomic E-state index is 0.0227. The smallest absolute Gasteiger partial charge is 0.255 e. The number of thioether (sulfide) groups is 1. The van der Waals surface area contributed by atoms with Crippen molar-refractivity contribution < 1.29 is 4.79 Å². The molecule has 0 aliphatic carbocycles. The lowest BCUT2D eigenvalue weighted by molar-refractivity contribution is 0.0770. The van der Waals surface area contributed by atoms with Gasteiger partial charge in [-0.3, -0.25) is 9.78 Å². The Kier molecular flexibility index (Phi) is 5.82. The predicted octanol–water partition coefficient (Wildman–Crippen LogP) is 5.08. The topological polar surface area (TPSA) is 33.2 Å². The standard InChI is InChI=1S/C18H16Cl2N2OS/c19-15-5-4-6-16(20)17(15)24-12-13-9-14(11-21-10-13)18(23)22-7-2-1-3-8-22/h1-2,4-6,9-11H,3,7-8,12H2. The van der Waals surface area contributed by atoms with E-state index in [1.54, 1.807) is 24.2 Å². The lowest BCUT2D eigenvalue weighted by Crippen LogP contribution is -2.33. The molecule has 1 amide bonds. The highest BCUT2D eigenvalue weighted by Gasteiger charge is 2.16. The van der Waals surface area contributed by atoms with Crippen molar-refractivity contribution in [3.8, 4) is 0 Å². The normalized spacial score (nSPS) is 14.0. The zero-order chi connectivity index (χ0) is 16.9. The third kappa shape index (κ3) is 4.12. The van der Waals surface area contributed by atoms with E-state index in [-0.39, 0.29) is 5.91 Å². The summed E-state index contributed by atoms with van der Waals surface area (Å²) in [6, 6.07) is 7.35. The third-order valence-electron chi connectivity index (χ3n) is 3.69. The van der Waals surface area contributed by atoms with Crippen molar-refractivity contribution in [3.63, 3.8) is 0 Å². The fourth-order valence-corrected chi connectivity index (χ4v) is 4.07. The van der Waals surface area contributed by atoms with E-state index in [9.17, 15) is 4.79 Å². The molecule has 0 fully saturated rings. The maximum absolute atomic E-state index is 12.5. The zero-order valence-corrected chi connectivity index (χ0v) is 15.2. The summed E-state index contributed by atoms with van der Waals surface area (Å²) in [5.41, 5.74) is 1.59. The monoisotopic (exact) mass is 378 g/mol. The highest BCUT2D eigenvalue weighted by atomic mass is 35.5. The maximum atomic E-state index is 12.5. The molecule has 1 aliphatic rings. The quantitative estimate of drug-likeness (QED) is 0.549. The second-order valence-corrected chi connectivity index (χ2v) is 7.23. The molecule has 6 heteroatoms. The van der Waals surface area contributed by atoms with Gasteiger partial charge in [0.1, 0.15) is 0 Å². The molecule has 1 aromatic carbocycles. The fourth-order valence-electron chi connectivity index (χ4n) is 2.47. The van der Waals surface area contributed by atoms with Gasteiger partial charge in [0.05, 0.1) is 15.6 Å². The average Bonchev–Trinajstić information content (AvgIpc) is 2.62. The van der Waals surface area contributed by atoms with Gasteiger partial charge in [0.25, 0.3) is 5.91 Å². The van der Waals surface area contributed by atoms with E-state index in [1.165, 1.54) is 0 Å². The van der Waals surface area contributed by atoms with Crippen LogP contribution in [0.4, 0.5) is 0 Å². The summed E-state index contributed by atoms with van der Waals surface area (Å²) < 4.78 is 0. The van der Waals surface area contributed by atoms with Crippen LogP contribution in [0.25, 0.3) is 0 Å². The SMILES string of the molecule is O=C(c1cncc(CSc2c(Cl)cccc2Cl)c1)N1CC=CCC1. The number of aromatic nitrogens is 1. The van der Waals surface area contributed by atoms with Crippen LogP contribution in [0.1, 0.15) is 22.3 Å². The van der Waals surface area contributed by atoms with E-state index < -0.39 is 0 Å². The Hall–Kier alpha value is -1.49. The highest BCUT2D eigenvalue weighted by molar-refractivity contribution is 7.98. The zero-order valence-electron chi connectivity index (χ0n) is 12.9. The molecule has 0 bridgehead atoms. The van der Waals surface area contributed by atoms with E-state index >= 15 is 0 Å². The highest BCUT2D eigenvalue weighted by Crippen LogP contribution is 2.35. The Morgan fingerprint density at radius 2 is 2.00 bits per heavy atom. The molecule has 3 nitrogen and oxygen atoms in total. The molecule has 124 valence electrons. The number of benzene rings is 1. The number of nitrogens with zero attached hydrogens (tertiary/aromatic N) is 2. The van der Waals surface area contributed by atoms with E-state index in [2.05, 4.69) is 11.1 Å². The molecule has 3 rings (SSSR count). The van der Waals surface area contributed by atoms with Crippen molar-refractivity contribution >= 4 is 40.9 Å². The molecule has 0 unspecified atom stereocenters. The Labute approximate surface area is 155 Å². The van der Waals surface area contributed by atoms with Crippen LogP contribution in [0.3, 0.4) is 0 Å². The molecule has 0 saturated heterocycles. The molecular weight excluding hydrogens is 363 g/mol. The van der Waals surface area contributed by atoms with Crippen LogP contribution < -0.4 is 0 Å². The fraction of sp³-hybridized carbons (Fsp3) is 0.222. The molecule has 2 aromatic rings. The van der Waals surface area contributed by atoms with Gasteiger partial charge in [-0.15, -0.1) is 11.8 Å². The minimum Gasteiger partial charge on any atom is -0.335 e. The van der Waals surface area contributed by atoms with Crippen molar-refractivity contribution in [1.29, 1.82) is 0 Å². The number of carbonyl (C=O) groups excluding carboxylic acids is 1. The van der Waals surface area contributed by atoms with Crippen molar-refractivity contribution in [2.24, 2.45) is 0 Å². The number of halogens is 2. The number of carbonyl (C=O) groups is 1. The van der Waals surface area contributed by atoms with Gasteiger partial charge >= 0.3 is 0 Å². The van der Waals surface area contributed by atoms with Crippen LogP contribution in [0, 0.1) is 0 Å². The van der Waals surface area contributed by atoms with Gasteiger partial charge in [-0.05, 0) is 30.2 Å². The molecule has 1 aliphatic heterocycles. The lowest BCUT2D eigenvalue weighted by Gasteiger charge is -2.23. The first-order chi connectivity index (χ1) is 11.6. The largest absolute Gasteiger partial charge is 0.335 e. The molecule has 0 radical (unpaired) electrons. The second-order valence-electron chi connectivity index (χ2n) is 5.43. The van der Waals surface area contributed by atoms with E-state index in [4.69, 9.17) is 23.2 Å². The van der Waals surface area contributed by atoms with Crippen molar-refractivity contribution in [3.05, 3.63) is 70.0 Å². The van der Waals surface area contributed by atoms with Gasteiger partial charge in [-0.1, -0.05) is 41.4 Å². The van der Waals surface area contributed by atoms with Gasteiger partial charge < -0.3 is 4.90 Å². The number of hydrogen-bond acceptors (Lipinski definition) is 3. The summed E-state index contributed by atoms with van der Waals surface area (Å²) in [5, 5.41) is 1.26. The Bertz CT molecular complexity index is 759. The third-order valence-corrected chi connectivity index (χ3v) is 5.75. The molecule has 0 spiro atoms. The number of rotatable bonds is 4. The van der Waals surface area contributed by atoms with Crippen LogP contribution in [0.15, 0.2) is 53.7 Å². The number of hydrogen-bond donors (Lipinski definition) is 0. The maximum Gasteiger partial charge on any atom is 0.255 e. The first-order valence-electron chi connectivity index (χ1n) is 7.60. The molecule has 0 N–H and O–H groups in total. The van der Waals surface area contributed by atoms with Crippen molar-refractivity contribution in [2.75, 3.05) is 13.1 Å². The van der Waals surface area contributed by atoms with Gasteiger partial charge in [-0.25, -0.2) is 0 Å². The molecule has 0 saturated carbocycles. The average molecular weight is 379 g/mol. The minimum atomic E-state index is 0.0227. The summed E-state index contributed by atoms with van der Waals surface area (Å²) in [4.78, 5) is 19.4. The van der Waals surface area contributed by atoms with Crippen molar-refractivity contribution in [1.82, 2.24) is 9.88 Å². The van der Waals surface area contributed by atoms with Crippen LogP contribution in [-0.2, 0) is 5.75 Å². The first-order valence-corrected chi connectivity index (χ1v) is 9.34. The van der Waals surface area contributed by atoms with E-state index in [0.29, 0.717) is 27.9 Å². The summed E-state index contributed by atoms with van der Waals surface area (Å²) in [6.45, 7) is 1.41. The van der Waals surface area contributed by atoms with E-state index in [0.717, 1.165) is 23.4 Å². The van der Waals surface area contributed by atoms with Crippen molar-refractivity contribution in [2.45, 2.75) is 17.1 Å². The molecule has 1 aromatic heterocycles. The van der Waals surface area contributed by atoms with Crippen LogP contribution >= 0.6 is 35.0 Å². The molecule has 2 heterocycles. The van der Waals surface area contributed by atoms with Gasteiger partial charge in [0.2, 0.25) is 0 Å². The van der Waals surface area contributed by atoms with Gasteiger partial charge in [0, 0.05) is 36.1 Å². The van der Waals surface area contributed by atoms with Crippen LogP contribution in [0.2, 0.25) is 10.0 Å². The first kappa shape index (κ1) is 17.3. The Morgan fingerprint density at radius 1 is 1.21 bits per heavy atom. The van der Waals surface area contributed by atoms with Gasteiger partial charge in [0.15, 0.2) is 0 Å². The summed E-state index contributed by atoms with van der Waals surface area (Å²) in [6.07, 6.45) is 8.41. The molecule has 0 atom stereocenters. The summed E-state index contributed by atoms with van der Waals surface area (Å²) in [7, 11) is 0. The molecule has 24 heavy (non-hydrogen) atoms. The predicted molar refractivity (Wildman–Crippen MR) is 99.9 cm³/mol. The summed E-state index contributed by atoms with van der Waals surface area (Å²) in [5.74, 6) is 0.673. The van der Waals surface area contributed by atoms with Crippen LogP contribution in [0.5, 0.6) is 0 Å². The lowest BCUT2D eigenvalue weighted by atomic mass is 10.1. The van der Waals surface area contributed by atoms with Gasteiger partial charge in [-0.2, -0.15) is 0 Å². The number of pyridine rings is 1.